The van der Waals surface area contributed by atoms with Crippen molar-refractivity contribution in [3.8, 4) is 0 Å². The van der Waals surface area contributed by atoms with Gasteiger partial charge in [0.1, 0.15) is 0 Å². The second kappa shape index (κ2) is 5.38. The number of nitrogens with zero attached hydrogens (tertiary/aromatic N) is 3. The molecule has 100 valence electrons. The molecule has 0 unspecified atom stereocenters. The molecule has 0 spiro atoms. The van der Waals surface area contributed by atoms with Crippen molar-refractivity contribution in [3.63, 3.8) is 0 Å². The number of nitro benzene ring substituents is 1. The van der Waals surface area contributed by atoms with Gasteiger partial charge in [-0.05, 0) is 18.6 Å². The number of aromatic nitrogens is 2. The van der Waals surface area contributed by atoms with Crippen LogP contribution in [0.15, 0.2) is 30.6 Å². The van der Waals surface area contributed by atoms with Gasteiger partial charge in [0.25, 0.3) is 5.69 Å². The molecule has 0 fully saturated rings. The average Bonchev–Trinajstić information content (AvgIpc) is 2.77. The Labute approximate surface area is 110 Å². The third-order valence-electron chi connectivity index (χ3n) is 2.66. The highest BCUT2D eigenvalue weighted by atomic mass is 16.6. The summed E-state index contributed by atoms with van der Waals surface area (Å²) in [4.78, 5) is 10.1. The van der Waals surface area contributed by atoms with Gasteiger partial charge in [0.2, 0.25) is 0 Å². The van der Waals surface area contributed by atoms with Crippen LogP contribution in [0.4, 0.5) is 17.1 Å². The van der Waals surface area contributed by atoms with Crippen molar-refractivity contribution >= 4 is 17.1 Å². The Morgan fingerprint density at radius 1 is 1.53 bits per heavy atom. The van der Waals surface area contributed by atoms with E-state index in [1.165, 1.54) is 12.1 Å². The molecule has 1 heterocycles. The molecule has 0 aliphatic heterocycles. The molecule has 7 heteroatoms. The molecule has 1 aromatic carbocycles. The Kier molecular flexibility index (Phi) is 3.65. The summed E-state index contributed by atoms with van der Waals surface area (Å²) in [7, 11) is 0. The molecule has 2 aromatic rings. The zero-order valence-electron chi connectivity index (χ0n) is 10.5. The number of non-ortho nitro benzene ring substituents is 1. The second-order valence-corrected chi connectivity index (χ2v) is 4.24. The summed E-state index contributed by atoms with van der Waals surface area (Å²) in [5.41, 5.74) is 7.91. The molecule has 0 saturated heterocycles. The van der Waals surface area contributed by atoms with Crippen LogP contribution in [0.3, 0.4) is 0 Å². The van der Waals surface area contributed by atoms with Gasteiger partial charge in [-0.3, -0.25) is 14.8 Å². The first-order chi connectivity index (χ1) is 9.06. The number of nitrogen functional groups attached to an aromatic ring is 1. The molecule has 7 nitrogen and oxygen atoms in total. The quantitative estimate of drug-likeness (QED) is 0.485. The minimum absolute atomic E-state index is 0.00856. The number of anilines is 2. The van der Waals surface area contributed by atoms with Gasteiger partial charge in [0, 0.05) is 24.9 Å². The van der Waals surface area contributed by atoms with E-state index in [1.54, 1.807) is 12.3 Å². The summed E-state index contributed by atoms with van der Waals surface area (Å²) in [6.07, 6.45) is 3.74. The zero-order chi connectivity index (χ0) is 13.8. The molecule has 1 aromatic heterocycles. The summed E-state index contributed by atoms with van der Waals surface area (Å²) in [5.74, 6) is 0. The number of benzene rings is 1. The van der Waals surface area contributed by atoms with E-state index in [2.05, 4.69) is 10.4 Å². The summed E-state index contributed by atoms with van der Waals surface area (Å²) < 4.78 is 1.82. The van der Waals surface area contributed by atoms with Crippen molar-refractivity contribution in [1.29, 1.82) is 0 Å². The van der Waals surface area contributed by atoms with Crippen molar-refractivity contribution in [3.05, 3.63) is 46.3 Å². The smallest absolute Gasteiger partial charge is 0.271 e. The highest BCUT2D eigenvalue weighted by molar-refractivity contribution is 5.69. The van der Waals surface area contributed by atoms with E-state index in [9.17, 15) is 10.1 Å². The molecule has 0 saturated carbocycles. The van der Waals surface area contributed by atoms with Crippen molar-refractivity contribution in [2.24, 2.45) is 0 Å². The second-order valence-electron chi connectivity index (χ2n) is 4.24. The lowest BCUT2D eigenvalue weighted by Gasteiger charge is -2.09. The molecule has 2 rings (SSSR count). The average molecular weight is 261 g/mol. The van der Waals surface area contributed by atoms with Crippen molar-refractivity contribution < 1.29 is 4.92 Å². The third kappa shape index (κ3) is 3.21. The first-order valence-corrected chi connectivity index (χ1v) is 5.83. The molecule has 19 heavy (non-hydrogen) atoms. The first-order valence-electron chi connectivity index (χ1n) is 5.83. The van der Waals surface area contributed by atoms with E-state index in [-0.39, 0.29) is 5.69 Å². The Bertz CT molecular complexity index is 594. The number of aryl methyl sites for hydroxylation is 1. The maximum atomic E-state index is 10.6. The SMILES string of the molecule is Cc1cnn(CCNc2ccc([N+](=O)[O-])cc2N)c1. The molecular formula is C12H15N5O2. The van der Waals surface area contributed by atoms with Crippen LogP contribution in [-0.4, -0.2) is 21.2 Å². The van der Waals surface area contributed by atoms with Gasteiger partial charge < -0.3 is 11.1 Å². The predicted molar refractivity (Wildman–Crippen MR) is 73.0 cm³/mol. The standard InChI is InChI=1S/C12H15N5O2/c1-9-7-15-16(8-9)5-4-14-12-3-2-10(17(18)19)6-11(12)13/h2-3,6-8,14H,4-5,13H2,1H3. The van der Waals surface area contributed by atoms with E-state index in [0.717, 1.165) is 5.56 Å². The van der Waals surface area contributed by atoms with Crippen molar-refractivity contribution in [2.75, 3.05) is 17.6 Å². The lowest BCUT2D eigenvalue weighted by atomic mass is 10.2. The van der Waals surface area contributed by atoms with Crippen LogP contribution < -0.4 is 11.1 Å². The van der Waals surface area contributed by atoms with Crippen LogP contribution in [0.5, 0.6) is 0 Å². The Morgan fingerprint density at radius 3 is 2.89 bits per heavy atom. The third-order valence-corrected chi connectivity index (χ3v) is 2.66. The highest BCUT2D eigenvalue weighted by Crippen LogP contribution is 2.23. The molecular weight excluding hydrogens is 246 g/mol. The number of nitro groups is 1. The number of nitrogens with two attached hydrogens (primary N) is 1. The van der Waals surface area contributed by atoms with Crippen molar-refractivity contribution in [2.45, 2.75) is 13.5 Å². The monoisotopic (exact) mass is 261 g/mol. The van der Waals surface area contributed by atoms with Gasteiger partial charge >= 0.3 is 0 Å². The van der Waals surface area contributed by atoms with E-state index in [1.807, 2.05) is 17.8 Å². The lowest BCUT2D eigenvalue weighted by Crippen LogP contribution is -2.11. The van der Waals surface area contributed by atoms with Gasteiger partial charge in [-0.2, -0.15) is 5.10 Å². The molecule has 0 aliphatic rings. The van der Waals surface area contributed by atoms with Crippen LogP contribution >= 0.6 is 0 Å². The normalized spacial score (nSPS) is 10.4. The molecule has 0 atom stereocenters. The molecule has 3 N–H and O–H groups in total. The van der Waals surface area contributed by atoms with Gasteiger partial charge in [0.05, 0.1) is 29.0 Å². The Morgan fingerprint density at radius 2 is 2.32 bits per heavy atom. The molecule has 0 aliphatic carbocycles. The fourth-order valence-electron chi connectivity index (χ4n) is 1.72. The van der Waals surface area contributed by atoms with Crippen molar-refractivity contribution in [1.82, 2.24) is 9.78 Å². The van der Waals surface area contributed by atoms with Gasteiger partial charge in [0.15, 0.2) is 0 Å². The summed E-state index contributed by atoms with van der Waals surface area (Å²) in [5, 5.41) is 17.9. The van der Waals surface area contributed by atoms with Crippen LogP contribution in [0.1, 0.15) is 5.56 Å². The largest absolute Gasteiger partial charge is 0.397 e. The molecule has 0 bridgehead atoms. The Hall–Kier alpha value is -2.57. The van der Waals surface area contributed by atoms with E-state index in [0.29, 0.717) is 24.5 Å². The fraction of sp³-hybridized carbons (Fsp3) is 0.250. The van der Waals surface area contributed by atoms with Gasteiger partial charge in [-0.15, -0.1) is 0 Å². The fourth-order valence-corrected chi connectivity index (χ4v) is 1.72. The summed E-state index contributed by atoms with van der Waals surface area (Å²) >= 11 is 0. The first kappa shape index (κ1) is 12.9. The molecule has 0 amide bonds. The lowest BCUT2D eigenvalue weighted by molar-refractivity contribution is -0.384. The number of rotatable bonds is 5. The van der Waals surface area contributed by atoms with Gasteiger partial charge in [-0.1, -0.05) is 0 Å². The maximum absolute atomic E-state index is 10.6. The van der Waals surface area contributed by atoms with Crippen LogP contribution in [0.2, 0.25) is 0 Å². The minimum atomic E-state index is -0.466. The predicted octanol–water partition coefficient (Wildman–Crippen LogP) is 1.79. The Balaban J connectivity index is 1.94. The molecule has 0 radical (unpaired) electrons. The summed E-state index contributed by atoms with van der Waals surface area (Å²) in [6.45, 7) is 3.32. The van der Waals surface area contributed by atoms with E-state index < -0.39 is 4.92 Å². The number of nitrogens with one attached hydrogen (secondary N) is 1. The zero-order valence-corrected chi connectivity index (χ0v) is 10.5. The maximum Gasteiger partial charge on any atom is 0.271 e. The topological polar surface area (TPSA) is 99.0 Å². The number of hydrogen-bond donors (Lipinski definition) is 2. The highest BCUT2D eigenvalue weighted by Gasteiger charge is 2.08. The van der Waals surface area contributed by atoms with Crippen LogP contribution in [-0.2, 0) is 6.54 Å². The summed E-state index contributed by atoms with van der Waals surface area (Å²) in [6, 6.07) is 4.39. The van der Waals surface area contributed by atoms with E-state index >= 15 is 0 Å². The minimum Gasteiger partial charge on any atom is -0.397 e. The van der Waals surface area contributed by atoms with Gasteiger partial charge in [-0.25, -0.2) is 0 Å². The van der Waals surface area contributed by atoms with E-state index in [4.69, 9.17) is 5.73 Å². The number of hydrogen-bond acceptors (Lipinski definition) is 5. The van der Waals surface area contributed by atoms with Crippen LogP contribution in [0, 0.1) is 17.0 Å². The van der Waals surface area contributed by atoms with Crippen LogP contribution in [0.25, 0.3) is 0 Å².